The molecule has 1 fully saturated rings. The number of hydrogen-bond acceptors (Lipinski definition) is 5. The summed E-state index contributed by atoms with van der Waals surface area (Å²) < 4.78 is 26.3. The molecule has 1 aliphatic rings. The molecule has 0 bridgehead atoms. The molecule has 0 aliphatic heterocycles. The SMILES string of the molecule is CCOC(=O)C1(S(C)(=O)=O)CC(N)C1. The van der Waals surface area contributed by atoms with Crippen LogP contribution in [0.15, 0.2) is 0 Å². The second kappa shape index (κ2) is 3.51. The van der Waals surface area contributed by atoms with Crippen molar-refractivity contribution in [2.45, 2.75) is 30.6 Å². The van der Waals surface area contributed by atoms with Gasteiger partial charge in [-0.1, -0.05) is 0 Å². The molecule has 0 spiro atoms. The maximum Gasteiger partial charge on any atom is 0.327 e. The second-order valence-corrected chi connectivity index (χ2v) is 5.98. The lowest BCUT2D eigenvalue weighted by molar-refractivity contribution is -0.149. The van der Waals surface area contributed by atoms with Crippen molar-refractivity contribution in [3.8, 4) is 0 Å². The molecule has 1 rings (SSSR count). The van der Waals surface area contributed by atoms with Gasteiger partial charge in [-0.15, -0.1) is 0 Å². The molecule has 0 heterocycles. The van der Waals surface area contributed by atoms with Crippen molar-refractivity contribution in [1.29, 1.82) is 0 Å². The number of ether oxygens (including phenoxy) is 1. The fraction of sp³-hybridized carbons (Fsp3) is 0.875. The lowest BCUT2D eigenvalue weighted by Gasteiger charge is -2.41. The first-order valence-corrected chi connectivity index (χ1v) is 6.35. The van der Waals surface area contributed by atoms with Gasteiger partial charge >= 0.3 is 5.97 Å². The average Bonchev–Trinajstić information content (AvgIpc) is 1.96. The van der Waals surface area contributed by atoms with Gasteiger partial charge in [0.1, 0.15) is 0 Å². The third kappa shape index (κ3) is 1.64. The van der Waals surface area contributed by atoms with Gasteiger partial charge in [-0.3, -0.25) is 4.79 Å². The maximum absolute atomic E-state index is 11.5. The van der Waals surface area contributed by atoms with E-state index >= 15 is 0 Å². The standard InChI is InChI=1S/C8H15NO4S/c1-3-13-7(10)8(14(2,11)12)4-6(9)5-8/h6H,3-5,9H2,1-2H3. The summed E-state index contributed by atoms with van der Waals surface area (Å²) in [6.07, 6.45) is 1.39. The van der Waals surface area contributed by atoms with Gasteiger partial charge in [0.15, 0.2) is 14.6 Å². The topological polar surface area (TPSA) is 86.5 Å². The first-order valence-electron chi connectivity index (χ1n) is 4.46. The average molecular weight is 221 g/mol. The first-order chi connectivity index (χ1) is 6.33. The lowest BCUT2D eigenvalue weighted by Crippen LogP contribution is -2.61. The quantitative estimate of drug-likeness (QED) is 0.646. The van der Waals surface area contributed by atoms with E-state index in [0.29, 0.717) is 0 Å². The van der Waals surface area contributed by atoms with Crippen LogP contribution in [0.25, 0.3) is 0 Å². The van der Waals surface area contributed by atoms with E-state index in [0.717, 1.165) is 6.26 Å². The number of carbonyl (C=O) groups excluding carboxylic acids is 1. The smallest absolute Gasteiger partial charge is 0.327 e. The van der Waals surface area contributed by atoms with E-state index in [1.807, 2.05) is 0 Å². The van der Waals surface area contributed by atoms with E-state index < -0.39 is 20.6 Å². The van der Waals surface area contributed by atoms with Gasteiger partial charge in [0.2, 0.25) is 0 Å². The summed E-state index contributed by atoms with van der Waals surface area (Å²) in [5, 5.41) is 0. The summed E-state index contributed by atoms with van der Waals surface area (Å²) in [5.41, 5.74) is 5.51. The number of carbonyl (C=O) groups is 1. The van der Waals surface area contributed by atoms with Gasteiger partial charge < -0.3 is 10.5 Å². The van der Waals surface area contributed by atoms with Crippen LogP contribution >= 0.6 is 0 Å². The van der Waals surface area contributed by atoms with Crippen LogP contribution in [0.5, 0.6) is 0 Å². The molecule has 1 saturated carbocycles. The molecular formula is C8H15NO4S. The van der Waals surface area contributed by atoms with E-state index in [1.54, 1.807) is 6.92 Å². The molecule has 2 N–H and O–H groups in total. The predicted octanol–water partition coefficient (Wildman–Crippen LogP) is -0.546. The van der Waals surface area contributed by atoms with Crippen molar-refractivity contribution in [3.63, 3.8) is 0 Å². The van der Waals surface area contributed by atoms with Crippen LogP contribution in [-0.2, 0) is 19.4 Å². The van der Waals surface area contributed by atoms with Gasteiger partial charge in [-0.05, 0) is 19.8 Å². The van der Waals surface area contributed by atoms with Gasteiger partial charge in [-0.2, -0.15) is 0 Å². The number of hydrogen-bond donors (Lipinski definition) is 1. The molecule has 0 aromatic carbocycles. The molecule has 0 unspecified atom stereocenters. The fourth-order valence-corrected chi connectivity index (χ4v) is 3.07. The minimum absolute atomic E-state index is 0.171. The summed E-state index contributed by atoms with van der Waals surface area (Å²) in [4.78, 5) is 11.5. The van der Waals surface area contributed by atoms with E-state index in [2.05, 4.69) is 0 Å². The Kier molecular flexibility index (Phi) is 2.87. The highest BCUT2D eigenvalue weighted by Crippen LogP contribution is 2.39. The van der Waals surface area contributed by atoms with Gasteiger partial charge in [-0.25, -0.2) is 8.42 Å². The molecule has 6 heteroatoms. The summed E-state index contributed by atoms with van der Waals surface area (Å²) in [6, 6.07) is -0.214. The van der Waals surface area contributed by atoms with Crippen LogP contribution in [0.3, 0.4) is 0 Å². The molecule has 0 amide bonds. The third-order valence-corrected chi connectivity index (χ3v) is 4.46. The van der Waals surface area contributed by atoms with Crippen LogP contribution in [0, 0.1) is 0 Å². The molecule has 0 saturated heterocycles. The highest BCUT2D eigenvalue weighted by molar-refractivity contribution is 7.93. The van der Waals surface area contributed by atoms with E-state index in [4.69, 9.17) is 10.5 Å². The molecule has 82 valence electrons. The van der Waals surface area contributed by atoms with E-state index in [1.165, 1.54) is 0 Å². The fourth-order valence-electron chi connectivity index (χ4n) is 1.67. The highest BCUT2D eigenvalue weighted by atomic mass is 32.2. The van der Waals surface area contributed by atoms with Crippen LogP contribution in [0.2, 0.25) is 0 Å². The van der Waals surface area contributed by atoms with Crippen LogP contribution in [0.1, 0.15) is 19.8 Å². The van der Waals surface area contributed by atoms with Gasteiger partial charge in [0.25, 0.3) is 0 Å². The Balaban J connectivity index is 2.91. The van der Waals surface area contributed by atoms with Crippen molar-refractivity contribution in [2.24, 2.45) is 5.73 Å². The van der Waals surface area contributed by atoms with E-state index in [-0.39, 0.29) is 25.5 Å². The second-order valence-electron chi connectivity index (χ2n) is 3.66. The van der Waals surface area contributed by atoms with Crippen LogP contribution in [0.4, 0.5) is 0 Å². The molecule has 0 aromatic heterocycles. The summed E-state index contributed by atoms with van der Waals surface area (Å²) >= 11 is 0. The zero-order chi connectivity index (χ0) is 11.0. The highest BCUT2D eigenvalue weighted by Gasteiger charge is 2.57. The number of rotatable bonds is 3. The summed E-state index contributed by atoms with van der Waals surface area (Å²) in [6.45, 7) is 1.83. The molecule has 14 heavy (non-hydrogen) atoms. The minimum atomic E-state index is -3.44. The van der Waals surface area contributed by atoms with Crippen LogP contribution in [-0.4, -0.2) is 38.0 Å². The van der Waals surface area contributed by atoms with Crippen molar-refractivity contribution >= 4 is 15.8 Å². The third-order valence-electron chi connectivity index (χ3n) is 2.54. The summed E-state index contributed by atoms with van der Waals surface area (Å²) in [7, 11) is -3.44. The Hall–Kier alpha value is -0.620. The molecule has 1 aliphatic carbocycles. The predicted molar refractivity (Wildman–Crippen MR) is 51.4 cm³/mol. The van der Waals surface area contributed by atoms with E-state index in [9.17, 15) is 13.2 Å². The number of sulfone groups is 1. The van der Waals surface area contributed by atoms with Crippen molar-refractivity contribution < 1.29 is 17.9 Å². The maximum atomic E-state index is 11.5. The molecule has 0 aromatic rings. The van der Waals surface area contributed by atoms with Crippen molar-refractivity contribution in [1.82, 2.24) is 0 Å². The molecule has 0 radical (unpaired) electrons. The van der Waals surface area contributed by atoms with Crippen LogP contribution < -0.4 is 5.73 Å². The van der Waals surface area contributed by atoms with Gasteiger partial charge in [0, 0.05) is 12.3 Å². The largest absolute Gasteiger partial charge is 0.465 e. The van der Waals surface area contributed by atoms with Gasteiger partial charge in [0.05, 0.1) is 6.61 Å². The molecule has 5 nitrogen and oxygen atoms in total. The Morgan fingerprint density at radius 2 is 2.07 bits per heavy atom. The molecular weight excluding hydrogens is 206 g/mol. The Labute approximate surface area is 83.5 Å². The number of esters is 1. The van der Waals surface area contributed by atoms with Crippen molar-refractivity contribution in [2.75, 3.05) is 12.9 Å². The Morgan fingerprint density at radius 1 is 1.57 bits per heavy atom. The molecule has 0 atom stereocenters. The Morgan fingerprint density at radius 3 is 2.36 bits per heavy atom. The van der Waals surface area contributed by atoms with Crippen molar-refractivity contribution in [3.05, 3.63) is 0 Å². The summed E-state index contributed by atoms with van der Waals surface area (Å²) in [5.74, 6) is -0.663. The minimum Gasteiger partial charge on any atom is -0.465 e. The zero-order valence-electron chi connectivity index (χ0n) is 8.32. The lowest BCUT2D eigenvalue weighted by atomic mass is 9.80. The normalized spacial score (nSPS) is 32.1. The zero-order valence-corrected chi connectivity index (χ0v) is 9.13. The monoisotopic (exact) mass is 221 g/mol. The first kappa shape index (κ1) is 11.5. The Bertz CT molecular complexity index is 329. The number of nitrogens with two attached hydrogens (primary N) is 1.